The summed E-state index contributed by atoms with van der Waals surface area (Å²) in [5, 5.41) is 14.8. The molecule has 1 atom stereocenters. The molecule has 0 bridgehead atoms. The quantitative estimate of drug-likeness (QED) is 0.543. The fourth-order valence-electron chi connectivity index (χ4n) is 4.04. The number of hydrogen-bond donors (Lipinski definition) is 3. The molecule has 3 aromatic heterocycles. The van der Waals surface area contributed by atoms with E-state index >= 15 is 0 Å². The number of primary amides is 1. The zero-order valence-corrected chi connectivity index (χ0v) is 17.4. The number of rotatable bonds is 5. The Balaban J connectivity index is 1.52. The molecule has 0 spiro atoms. The second-order valence-corrected chi connectivity index (χ2v) is 8.34. The summed E-state index contributed by atoms with van der Waals surface area (Å²) in [6, 6.07) is 6.87. The first kappa shape index (κ1) is 20.1. The van der Waals surface area contributed by atoms with Gasteiger partial charge in [-0.3, -0.25) is 14.6 Å². The summed E-state index contributed by atoms with van der Waals surface area (Å²) in [5.74, 6) is -0.729. The van der Waals surface area contributed by atoms with Crippen molar-refractivity contribution in [3.05, 3.63) is 47.5 Å². The van der Waals surface area contributed by atoms with Gasteiger partial charge in [-0.1, -0.05) is 5.16 Å². The minimum absolute atomic E-state index is 0.0337. The molecule has 164 valence electrons. The Morgan fingerprint density at radius 2 is 2.03 bits per heavy atom. The van der Waals surface area contributed by atoms with Crippen LogP contribution >= 0.6 is 0 Å². The molecule has 10 nitrogen and oxygen atoms in total. The Hall–Kier alpha value is -3.79. The zero-order valence-electron chi connectivity index (χ0n) is 17.4. The number of aromatic nitrogens is 3. The minimum atomic E-state index is -1.72. The molecule has 1 saturated heterocycles. The van der Waals surface area contributed by atoms with Gasteiger partial charge in [0.15, 0.2) is 11.5 Å². The summed E-state index contributed by atoms with van der Waals surface area (Å²) < 4.78 is 5.33. The average molecular weight is 434 g/mol. The third-order valence-electron chi connectivity index (χ3n) is 6.09. The van der Waals surface area contributed by atoms with Crippen molar-refractivity contribution in [3.8, 4) is 22.6 Å². The van der Waals surface area contributed by atoms with Crippen molar-refractivity contribution in [1.29, 1.82) is 0 Å². The van der Waals surface area contributed by atoms with Gasteiger partial charge < -0.3 is 26.0 Å². The summed E-state index contributed by atoms with van der Waals surface area (Å²) in [7, 11) is 1.63. The lowest BCUT2D eigenvalue weighted by Crippen LogP contribution is -2.35. The summed E-state index contributed by atoms with van der Waals surface area (Å²) >= 11 is 0. The van der Waals surface area contributed by atoms with Crippen LogP contribution in [0.2, 0.25) is 0 Å². The molecule has 3 aromatic rings. The molecule has 2 aliphatic rings. The number of pyridine rings is 2. The van der Waals surface area contributed by atoms with Gasteiger partial charge in [0.2, 0.25) is 5.60 Å². The lowest BCUT2D eigenvalue weighted by Gasteiger charge is -2.16. The number of likely N-dealkylation sites (tertiary alicyclic amines) is 1. The van der Waals surface area contributed by atoms with Crippen LogP contribution in [-0.4, -0.2) is 50.5 Å². The molecule has 0 radical (unpaired) electrons. The lowest BCUT2D eigenvalue weighted by molar-refractivity contribution is -0.144. The highest BCUT2D eigenvalue weighted by atomic mass is 16.5. The second kappa shape index (κ2) is 7.13. The normalized spacial score (nSPS) is 20.7. The summed E-state index contributed by atoms with van der Waals surface area (Å²) in [5.41, 5.74) is 13.2. The van der Waals surface area contributed by atoms with Crippen LogP contribution in [-0.2, 0) is 10.4 Å². The van der Waals surface area contributed by atoms with E-state index in [0.29, 0.717) is 40.8 Å². The predicted molar refractivity (Wildman–Crippen MR) is 114 cm³/mol. The average Bonchev–Trinajstić information content (AvgIpc) is 3.44. The SMILES string of the molecule is CN1CCC(O)(c2cc(-c3ccnc(-c4cc(C5CC5)c(N)c(C(N)=O)n4)c3)no2)C1=O. The number of amides is 2. The maximum absolute atomic E-state index is 12.3. The topological polar surface area (TPSA) is 161 Å². The van der Waals surface area contributed by atoms with E-state index in [1.165, 1.54) is 4.90 Å². The van der Waals surface area contributed by atoms with Crippen LogP contribution in [0.15, 0.2) is 35.0 Å². The fraction of sp³-hybridized carbons (Fsp3) is 0.318. The molecular weight excluding hydrogens is 412 g/mol. The van der Waals surface area contributed by atoms with Gasteiger partial charge in [0.05, 0.1) is 17.1 Å². The fourth-order valence-corrected chi connectivity index (χ4v) is 4.04. The molecule has 1 aliphatic heterocycles. The van der Waals surface area contributed by atoms with Crippen molar-refractivity contribution in [3.63, 3.8) is 0 Å². The monoisotopic (exact) mass is 434 g/mol. The molecule has 10 heteroatoms. The minimum Gasteiger partial charge on any atom is -0.397 e. The number of hydrogen-bond acceptors (Lipinski definition) is 8. The van der Waals surface area contributed by atoms with E-state index in [-0.39, 0.29) is 17.9 Å². The molecule has 5 rings (SSSR count). The van der Waals surface area contributed by atoms with Gasteiger partial charge in [-0.25, -0.2) is 4.98 Å². The molecule has 1 aliphatic carbocycles. The predicted octanol–water partition coefficient (Wildman–Crippen LogP) is 1.41. The first-order valence-corrected chi connectivity index (χ1v) is 10.3. The van der Waals surface area contributed by atoms with Gasteiger partial charge in [0.1, 0.15) is 5.69 Å². The van der Waals surface area contributed by atoms with Gasteiger partial charge in [-0.15, -0.1) is 0 Å². The molecule has 2 fully saturated rings. The van der Waals surface area contributed by atoms with Crippen LogP contribution < -0.4 is 11.5 Å². The highest BCUT2D eigenvalue weighted by molar-refractivity contribution is 5.97. The molecular formula is C22H22N6O4. The van der Waals surface area contributed by atoms with E-state index in [4.69, 9.17) is 16.0 Å². The third kappa shape index (κ3) is 3.19. The van der Waals surface area contributed by atoms with Crippen molar-refractivity contribution in [2.75, 3.05) is 19.3 Å². The molecule has 4 heterocycles. The van der Waals surface area contributed by atoms with E-state index in [2.05, 4.69) is 15.1 Å². The van der Waals surface area contributed by atoms with Crippen LogP contribution in [0.1, 0.15) is 47.0 Å². The van der Waals surface area contributed by atoms with Crippen molar-refractivity contribution in [1.82, 2.24) is 20.0 Å². The Bertz CT molecular complexity index is 1250. The van der Waals surface area contributed by atoms with E-state index in [1.54, 1.807) is 31.4 Å². The third-order valence-corrected chi connectivity index (χ3v) is 6.09. The number of aliphatic hydroxyl groups is 1. The number of likely N-dealkylation sites (N-methyl/N-ethyl adjacent to an activating group) is 1. The maximum atomic E-state index is 12.3. The Kier molecular flexibility index (Phi) is 4.48. The summed E-state index contributed by atoms with van der Waals surface area (Å²) in [4.78, 5) is 34.4. The first-order chi connectivity index (χ1) is 15.3. The van der Waals surface area contributed by atoms with E-state index in [0.717, 1.165) is 18.4 Å². The molecule has 2 amide bonds. The summed E-state index contributed by atoms with van der Waals surface area (Å²) in [6.07, 6.45) is 3.81. The van der Waals surface area contributed by atoms with Crippen molar-refractivity contribution in [2.24, 2.45) is 5.73 Å². The molecule has 5 N–H and O–H groups in total. The number of carbonyl (C=O) groups excluding carboxylic acids is 2. The molecule has 0 aromatic carbocycles. The highest BCUT2D eigenvalue weighted by Crippen LogP contribution is 2.44. The van der Waals surface area contributed by atoms with E-state index in [1.807, 2.05) is 6.07 Å². The van der Waals surface area contributed by atoms with Gasteiger partial charge in [-0.05, 0) is 42.5 Å². The smallest absolute Gasteiger partial charge is 0.269 e. The van der Waals surface area contributed by atoms with Gasteiger partial charge >= 0.3 is 0 Å². The largest absolute Gasteiger partial charge is 0.397 e. The zero-order chi connectivity index (χ0) is 22.6. The Morgan fingerprint density at radius 1 is 1.25 bits per heavy atom. The van der Waals surface area contributed by atoms with Gasteiger partial charge in [-0.2, -0.15) is 0 Å². The van der Waals surface area contributed by atoms with E-state index < -0.39 is 17.4 Å². The van der Waals surface area contributed by atoms with Gasteiger partial charge in [0, 0.05) is 37.8 Å². The number of carbonyl (C=O) groups is 2. The molecule has 1 saturated carbocycles. The van der Waals surface area contributed by atoms with Crippen molar-refractivity contribution >= 4 is 17.5 Å². The highest BCUT2D eigenvalue weighted by Gasteiger charge is 2.48. The Morgan fingerprint density at radius 3 is 2.69 bits per heavy atom. The number of anilines is 1. The van der Waals surface area contributed by atoms with Crippen LogP contribution in [0, 0.1) is 0 Å². The number of nitrogen functional groups attached to an aromatic ring is 1. The molecule has 32 heavy (non-hydrogen) atoms. The number of nitrogens with zero attached hydrogens (tertiary/aromatic N) is 4. The number of nitrogens with two attached hydrogens (primary N) is 2. The van der Waals surface area contributed by atoms with Gasteiger partial charge in [0.25, 0.3) is 11.8 Å². The Labute approximate surface area is 183 Å². The van der Waals surface area contributed by atoms with Crippen molar-refractivity contribution in [2.45, 2.75) is 30.8 Å². The maximum Gasteiger partial charge on any atom is 0.269 e. The second-order valence-electron chi connectivity index (χ2n) is 8.34. The first-order valence-electron chi connectivity index (χ1n) is 10.3. The standard InChI is InChI=1S/C22H22N6O4/c1-28-7-5-22(31,21(28)30)17-10-14(27-32-17)12-4-6-25-15(8-12)16-9-13(11-2-3-11)18(23)19(26-16)20(24)29/h4,6,8-11,31H,2-3,5,7,23H2,1H3,(H2,24,29). The van der Waals surface area contributed by atoms with Crippen molar-refractivity contribution < 1.29 is 19.2 Å². The van der Waals surface area contributed by atoms with Crippen LogP contribution in [0.5, 0.6) is 0 Å². The molecule has 1 unspecified atom stereocenters. The van der Waals surface area contributed by atoms with E-state index in [9.17, 15) is 14.7 Å². The summed E-state index contributed by atoms with van der Waals surface area (Å²) in [6.45, 7) is 0.430. The van der Waals surface area contributed by atoms with Crippen LogP contribution in [0.25, 0.3) is 22.6 Å². The van der Waals surface area contributed by atoms with Crippen LogP contribution in [0.3, 0.4) is 0 Å². The lowest BCUT2D eigenvalue weighted by atomic mass is 9.98. The van der Waals surface area contributed by atoms with Crippen LogP contribution in [0.4, 0.5) is 5.69 Å².